The van der Waals surface area contributed by atoms with Crippen LogP contribution in [-0.2, 0) is 0 Å². The summed E-state index contributed by atoms with van der Waals surface area (Å²) in [4.78, 5) is 0. The van der Waals surface area contributed by atoms with Crippen LogP contribution in [0.4, 0.5) is 0 Å². The summed E-state index contributed by atoms with van der Waals surface area (Å²) in [6.45, 7) is 6.90. The summed E-state index contributed by atoms with van der Waals surface area (Å²) in [5, 5.41) is 1.12. The molecule has 0 heterocycles. The van der Waals surface area contributed by atoms with Crippen LogP contribution in [0, 0.1) is 18.3 Å². The summed E-state index contributed by atoms with van der Waals surface area (Å²) in [6.07, 6.45) is 0. The Labute approximate surface area is 94.8 Å². The summed E-state index contributed by atoms with van der Waals surface area (Å²) in [5.74, 6) is 1.56. The van der Waals surface area contributed by atoms with Crippen molar-refractivity contribution < 1.29 is 0 Å². The van der Waals surface area contributed by atoms with Crippen molar-refractivity contribution in [2.75, 3.05) is 5.33 Å². The van der Waals surface area contributed by atoms with Gasteiger partial charge in [-0.15, -0.1) is 0 Å². The van der Waals surface area contributed by atoms with Crippen molar-refractivity contribution in [3.8, 4) is 0 Å². The van der Waals surface area contributed by atoms with Crippen LogP contribution in [0.2, 0.25) is 0 Å². The maximum absolute atomic E-state index is 3.61. The lowest BCUT2D eigenvalue weighted by Gasteiger charge is -2.03. The molecule has 0 bridgehead atoms. The number of hydrogen-bond donors (Lipinski definition) is 0. The molecule has 0 amide bonds. The van der Waals surface area contributed by atoms with E-state index in [9.17, 15) is 0 Å². The molecular weight excluding hydrogens is 236 g/mol. The molecule has 0 spiro atoms. The first-order valence-electron chi connectivity index (χ1n) is 5.20. The maximum Gasteiger partial charge on any atom is 0.00710 e. The Bertz CT molecular complexity index is 341. The lowest BCUT2D eigenvalue weighted by Crippen LogP contribution is -1.90. The van der Waals surface area contributed by atoms with E-state index >= 15 is 0 Å². The van der Waals surface area contributed by atoms with Gasteiger partial charge in [0.05, 0.1) is 0 Å². The number of rotatable bonds is 2. The first-order chi connectivity index (χ1) is 6.57. The van der Waals surface area contributed by atoms with E-state index in [2.05, 4.69) is 61.0 Å². The Hall–Kier alpha value is -0.300. The van der Waals surface area contributed by atoms with E-state index in [1.807, 2.05) is 0 Å². The van der Waals surface area contributed by atoms with Crippen molar-refractivity contribution in [1.82, 2.24) is 0 Å². The van der Waals surface area contributed by atoms with Gasteiger partial charge in [-0.25, -0.2) is 0 Å². The van der Waals surface area contributed by atoms with E-state index in [4.69, 9.17) is 0 Å². The highest BCUT2D eigenvalue weighted by Crippen LogP contribution is 2.64. The van der Waals surface area contributed by atoms with E-state index in [0.717, 1.165) is 17.2 Å². The molecule has 14 heavy (non-hydrogen) atoms. The Balaban J connectivity index is 2.26. The average molecular weight is 253 g/mol. The molecule has 1 fully saturated rings. The molecule has 2 unspecified atom stereocenters. The van der Waals surface area contributed by atoms with Crippen molar-refractivity contribution in [2.24, 2.45) is 11.3 Å². The van der Waals surface area contributed by atoms with E-state index in [-0.39, 0.29) is 0 Å². The molecule has 0 saturated heterocycles. The molecule has 1 saturated carbocycles. The van der Waals surface area contributed by atoms with Gasteiger partial charge in [0.1, 0.15) is 0 Å². The van der Waals surface area contributed by atoms with Crippen molar-refractivity contribution in [3.63, 3.8) is 0 Å². The molecule has 2 atom stereocenters. The molecule has 1 aliphatic rings. The maximum atomic E-state index is 3.61. The van der Waals surface area contributed by atoms with Crippen LogP contribution in [-0.4, -0.2) is 5.33 Å². The fraction of sp³-hybridized carbons (Fsp3) is 0.538. The molecule has 76 valence electrons. The zero-order chi connectivity index (χ0) is 10.3. The standard InChI is InChI=1S/C13H17Br/c1-9-5-4-6-10(7-9)12-11(8-14)13(12,2)3/h4-7,11-12H,8H2,1-3H3. The highest BCUT2D eigenvalue weighted by Gasteiger charge is 2.57. The van der Waals surface area contributed by atoms with Gasteiger partial charge in [0, 0.05) is 5.33 Å². The molecule has 1 aromatic carbocycles. The highest BCUT2D eigenvalue weighted by atomic mass is 79.9. The van der Waals surface area contributed by atoms with Gasteiger partial charge in [0.15, 0.2) is 0 Å². The van der Waals surface area contributed by atoms with Gasteiger partial charge >= 0.3 is 0 Å². The Kier molecular flexibility index (Phi) is 2.46. The molecule has 0 nitrogen and oxygen atoms in total. The van der Waals surface area contributed by atoms with Crippen LogP contribution < -0.4 is 0 Å². The minimum Gasteiger partial charge on any atom is -0.0925 e. The largest absolute Gasteiger partial charge is 0.0925 e. The molecule has 0 N–H and O–H groups in total. The molecule has 0 radical (unpaired) electrons. The summed E-state index contributed by atoms with van der Waals surface area (Å²) in [6, 6.07) is 8.93. The second-order valence-electron chi connectivity index (χ2n) is 4.97. The van der Waals surface area contributed by atoms with Crippen LogP contribution in [0.15, 0.2) is 24.3 Å². The van der Waals surface area contributed by atoms with Crippen LogP contribution in [0.3, 0.4) is 0 Å². The van der Waals surface area contributed by atoms with E-state index in [1.165, 1.54) is 11.1 Å². The number of halogens is 1. The topological polar surface area (TPSA) is 0 Å². The van der Waals surface area contributed by atoms with Gasteiger partial charge in [-0.05, 0) is 29.7 Å². The minimum absolute atomic E-state index is 0.483. The summed E-state index contributed by atoms with van der Waals surface area (Å²) >= 11 is 3.61. The van der Waals surface area contributed by atoms with E-state index < -0.39 is 0 Å². The molecule has 1 aromatic rings. The first-order valence-corrected chi connectivity index (χ1v) is 6.32. The molecule has 1 heteroatoms. The van der Waals surface area contributed by atoms with Crippen molar-refractivity contribution in [3.05, 3.63) is 35.4 Å². The lowest BCUT2D eigenvalue weighted by atomic mass is 10.0. The fourth-order valence-electron chi connectivity index (χ4n) is 2.56. The van der Waals surface area contributed by atoms with Gasteiger partial charge in [-0.1, -0.05) is 59.6 Å². The van der Waals surface area contributed by atoms with Crippen LogP contribution in [0.1, 0.15) is 30.9 Å². The number of hydrogen-bond acceptors (Lipinski definition) is 0. The quantitative estimate of drug-likeness (QED) is 0.695. The van der Waals surface area contributed by atoms with Gasteiger partial charge in [0.25, 0.3) is 0 Å². The van der Waals surface area contributed by atoms with Crippen LogP contribution in [0.5, 0.6) is 0 Å². The van der Waals surface area contributed by atoms with Crippen LogP contribution >= 0.6 is 15.9 Å². The van der Waals surface area contributed by atoms with E-state index in [0.29, 0.717) is 5.41 Å². The fourth-order valence-corrected chi connectivity index (χ4v) is 3.77. The van der Waals surface area contributed by atoms with Crippen molar-refractivity contribution in [2.45, 2.75) is 26.7 Å². The van der Waals surface area contributed by atoms with Crippen LogP contribution in [0.25, 0.3) is 0 Å². The zero-order valence-corrected chi connectivity index (χ0v) is 10.6. The Morgan fingerprint density at radius 1 is 1.36 bits per heavy atom. The predicted octanol–water partition coefficient (Wildman–Crippen LogP) is 4.13. The van der Waals surface area contributed by atoms with Gasteiger partial charge in [-0.3, -0.25) is 0 Å². The number of alkyl halides is 1. The molecule has 2 rings (SSSR count). The molecule has 0 aromatic heterocycles. The second-order valence-corrected chi connectivity index (χ2v) is 5.62. The third-order valence-corrected chi connectivity index (χ3v) is 4.32. The normalized spacial score (nSPS) is 28.9. The molecular formula is C13H17Br. The van der Waals surface area contributed by atoms with Gasteiger partial charge < -0.3 is 0 Å². The first kappa shape index (κ1) is 10.2. The Morgan fingerprint density at radius 2 is 2.07 bits per heavy atom. The molecule has 0 aliphatic heterocycles. The highest BCUT2D eigenvalue weighted by molar-refractivity contribution is 9.09. The number of aryl methyl sites for hydroxylation is 1. The SMILES string of the molecule is Cc1cccc(C2C(CBr)C2(C)C)c1. The predicted molar refractivity (Wildman–Crippen MR) is 65.0 cm³/mol. The summed E-state index contributed by atoms with van der Waals surface area (Å²) in [5.41, 5.74) is 3.37. The lowest BCUT2D eigenvalue weighted by molar-refractivity contribution is 0.579. The minimum atomic E-state index is 0.483. The summed E-state index contributed by atoms with van der Waals surface area (Å²) in [7, 11) is 0. The third kappa shape index (κ3) is 1.52. The average Bonchev–Trinajstić information content (AvgIpc) is 2.68. The Morgan fingerprint density at radius 3 is 2.57 bits per heavy atom. The number of benzene rings is 1. The van der Waals surface area contributed by atoms with Gasteiger partial charge in [-0.2, -0.15) is 0 Å². The third-order valence-electron chi connectivity index (χ3n) is 3.62. The van der Waals surface area contributed by atoms with E-state index in [1.54, 1.807) is 0 Å². The zero-order valence-electron chi connectivity index (χ0n) is 9.05. The molecule has 1 aliphatic carbocycles. The monoisotopic (exact) mass is 252 g/mol. The van der Waals surface area contributed by atoms with Crippen molar-refractivity contribution >= 4 is 15.9 Å². The van der Waals surface area contributed by atoms with Gasteiger partial charge in [0.2, 0.25) is 0 Å². The van der Waals surface area contributed by atoms with Crippen molar-refractivity contribution in [1.29, 1.82) is 0 Å². The summed E-state index contributed by atoms with van der Waals surface area (Å²) < 4.78 is 0. The smallest absolute Gasteiger partial charge is 0.00710 e. The second kappa shape index (κ2) is 3.37.